The van der Waals surface area contributed by atoms with Gasteiger partial charge in [-0.15, -0.1) is 0 Å². The summed E-state index contributed by atoms with van der Waals surface area (Å²) in [5.74, 6) is -2.69. The van der Waals surface area contributed by atoms with E-state index in [9.17, 15) is 26.4 Å². The van der Waals surface area contributed by atoms with Crippen molar-refractivity contribution >= 4 is 26.9 Å². The molecule has 0 atom stereocenters. The van der Waals surface area contributed by atoms with Crippen LogP contribution in [0.1, 0.15) is 23.7 Å². The van der Waals surface area contributed by atoms with Gasteiger partial charge in [0.15, 0.2) is 6.61 Å². The molecule has 9 nitrogen and oxygen atoms in total. The largest absolute Gasteiger partial charge is 0.481 e. The molecule has 2 aromatic carbocycles. The van der Waals surface area contributed by atoms with Gasteiger partial charge in [0.25, 0.3) is 0 Å². The maximum absolute atomic E-state index is 14.7. The van der Waals surface area contributed by atoms with Crippen LogP contribution in [0.5, 0.6) is 11.5 Å². The minimum atomic E-state index is -3.73. The van der Waals surface area contributed by atoms with E-state index in [1.807, 2.05) is 0 Å². The normalized spacial score (nSPS) is 14.7. The maximum atomic E-state index is 14.7. The Morgan fingerprint density at radius 3 is 2.45 bits per heavy atom. The molecular weight excluding hydrogens is 529 g/mol. The number of rotatable bonds is 10. The number of aliphatic carboxylic acids is 1. The fourth-order valence-corrected chi connectivity index (χ4v) is 5.64. The van der Waals surface area contributed by atoms with Crippen molar-refractivity contribution in [2.75, 3.05) is 32.9 Å². The minimum Gasteiger partial charge on any atom is -0.481 e. The molecule has 1 aliphatic heterocycles. The molecule has 3 aromatic rings. The molecule has 0 unspecified atom stereocenters. The van der Waals surface area contributed by atoms with E-state index in [-0.39, 0.29) is 64.5 Å². The number of aromatic nitrogens is 1. The van der Waals surface area contributed by atoms with E-state index in [1.54, 1.807) is 19.1 Å². The predicted molar refractivity (Wildman–Crippen MR) is 130 cm³/mol. The molecule has 1 fully saturated rings. The number of ether oxygens (including phenoxy) is 3. The van der Waals surface area contributed by atoms with Crippen LogP contribution in [0.25, 0.3) is 10.9 Å². The van der Waals surface area contributed by atoms with Crippen LogP contribution in [0, 0.1) is 5.82 Å². The molecule has 0 radical (unpaired) electrons. The zero-order valence-electron chi connectivity index (χ0n) is 20.3. The molecule has 1 aliphatic rings. The summed E-state index contributed by atoms with van der Waals surface area (Å²) in [5.41, 5.74) is 0.767. The van der Waals surface area contributed by atoms with Crippen LogP contribution in [0.15, 0.2) is 41.3 Å². The number of benzene rings is 2. The van der Waals surface area contributed by atoms with Gasteiger partial charge in [-0.2, -0.15) is 13.1 Å². The van der Waals surface area contributed by atoms with Crippen LogP contribution in [-0.4, -0.2) is 68.3 Å². The van der Waals surface area contributed by atoms with E-state index >= 15 is 0 Å². The first-order valence-corrected chi connectivity index (χ1v) is 13.2. The molecule has 1 N–H and O–H groups in total. The molecule has 0 spiro atoms. The number of hydrogen-bond donors (Lipinski definition) is 1. The Kier molecular flexibility index (Phi) is 8.38. The van der Waals surface area contributed by atoms with Crippen molar-refractivity contribution in [2.24, 2.45) is 0 Å². The second-order valence-corrected chi connectivity index (χ2v) is 10.3. The van der Waals surface area contributed by atoms with Gasteiger partial charge in [-0.3, -0.25) is 0 Å². The van der Waals surface area contributed by atoms with E-state index in [0.717, 1.165) is 12.1 Å². The van der Waals surface area contributed by atoms with Gasteiger partial charge in [0.2, 0.25) is 10.0 Å². The van der Waals surface area contributed by atoms with Crippen molar-refractivity contribution in [2.45, 2.75) is 31.3 Å². The molecule has 1 saturated heterocycles. The third kappa shape index (κ3) is 5.84. The highest BCUT2D eigenvalue weighted by atomic mass is 32.2. The summed E-state index contributed by atoms with van der Waals surface area (Å²) in [6.07, 6.45) is 0.245. The van der Waals surface area contributed by atoms with Crippen LogP contribution in [0.4, 0.5) is 13.2 Å². The molecule has 0 bridgehead atoms. The van der Waals surface area contributed by atoms with Crippen molar-refractivity contribution in [3.8, 4) is 11.5 Å². The highest BCUT2D eigenvalue weighted by Gasteiger charge is 2.27. The fourth-order valence-electron chi connectivity index (χ4n) is 4.23. The van der Waals surface area contributed by atoms with Crippen LogP contribution in [0.2, 0.25) is 0 Å². The molecule has 0 saturated carbocycles. The Balaban J connectivity index is 1.78. The summed E-state index contributed by atoms with van der Waals surface area (Å²) in [4.78, 5) is 15.4. The van der Waals surface area contributed by atoms with E-state index < -0.39 is 35.0 Å². The van der Waals surface area contributed by atoms with Gasteiger partial charge in [-0.25, -0.2) is 22.6 Å². The first-order chi connectivity index (χ1) is 18.1. The van der Waals surface area contributed by atoms with Crippen LogP contribution in [-0.2, 0) is 32.4 Å². The molecule has 4 rings (SSSR count). The SMILES string of the molecule is CCc1nc2c(F)ccc(OCC(=O)O)c2c(OC(F)F)c1Cc1ccc(S(=O)(=O)N2CCOCC2)cc1. The number of pyridine rings is 1. The predicted octanol–water partition coefficient (Wildman–Crippen LogP) is 3.61. The Bertz CT molecular complexity index is 1430. The van der Waals surface area contributed by atoms with Crippen molar-refractivity contribution < 1.29 is 45.7 Å². The number of carboxylic acid groups (broad SMARTS) is 1. The standard InChI is InChI=1S/C25H25F3N2O7S/c1-2-19-17(13-15-3-5-16(6-4-15)38(33,34)30-9-11-35-12-10-30)24(37-25(27)28)22-20(36-14-21(31)32)8-7-18(26)23(22)29-19/h3-8,25H,2,9-14H2,1H3,(H,31,32). The summed E-state index contributed by atoms with van der Waals surface area (Å²) < 4.78 is 84.3. The van der Waals surface area contributed by atoms with Crippen molar-refractivity contribution in [1.82, 2.24) is 9.29 Å². The molecule has 38 heavy (non-hydrogen) atoms. The van der Waals surface area contributed by atoms with Gasteiger partial charge < -0.3 is 19.3 Å². The lowest BCUT2D eigenvalue weighted by molar-refractivity contribution is -0.139. The van der Waals surface area contributed by atoms with Crippen LogP contribution in [0.3, 0.4) is 0 Å². The number of aryl methyl sites for hydroxylation is 1. The fraction of sp³-hybridized carbons (Fsp3) is 0.360. The number of fused-ring (bicyclic) bond motifs is 1. The number of hydrogen-bond acceptors (Lipinski definition) is 7. The third-order valence-electron chi connectivity index (χ3n) is 5.99. The Morgan fingerprint density at radius 1 is 1.16 bits per heavy atom. The highest BCUT2D eigenvalue weighted by molar-refractivity contribution is 7.89. The molecule has 0 amide bonds. The summed E-state index contributed by atoms with van der Waals surface area (Å²) >= 11 is 0. The molecule has 1 aromatic heterocycles. The van der Waals surface area contributed by atoms with Gasteiger partial charge in [-0.05, 0) is 36.2 Å². The number of carbonyl (C=O) groups is 1. The maximum Gasteiger partial charge on any atom is 0.387 e. The lowest BCUT2D eigenvalue weighted by atomic mass is 9.98. The lowest BCUT2D eigenvalue weighted by Gasteiger charge is -2.26. The number of sulfonamides is 1. The van der Waals surface area contributed by atoms with Crippen molar-refractivity contribution in [3.63, 3.8) is 0 Å². The Morgan fingerprint density at radius 2 is 1.84 bits per heavy atom. The first kappa shape index (κ1) is 27.6. The summed E-state index contributed by atoms with van der Waals surface area (Å²) in [6, 6.07) is 8.09. The van der Waals surface area contributed by atoms with E-state index in [1.165, 1.54) is 16.4 Å². The quantitative estimate of drug-likeness (QED) is 0.404. The van der Waals surface area contributed by atoms with Gasteiger partial charge >= 0.3 is 12.6 Å². The van der Waals surface area contributed by atoms with Crippen LogP contribution >= 0.6 is 0 Å². The van der Waals surface area contributed by atoms with Crippen LogP contribution < -0.4 is 9.47 Å². The van der Waals surface area contributed by atoms with Gasteiger partial charge in [0.1, 0.15) is 22.8 Å². The average molecular weight is 555 g/mol. The number of carboxylic acids is 1. The van der Waals surface area contributed by atoms with E-state index in [2.05, 4.69) is 4.98 Å². The molecule has 204 valence electrons. The third-order valence-corrected chi connectivity index (χ3v) is 7.90. The number of alkyl halides is 2. The smallest absolute Gasteiger partial charge is 0.387 e. The first-order valence-electron chi connectivity index (χ1n) is 11.7. The minimum absolute atomic E-state index is 0.000925. The summed E-state index contributed by atoms with van der Waals surface area (Å²) in [6.45, 7) is -1.27. The summed E-state index contributed by atoms with van der Waals surface area (Å²) in [7, 11) is -3.73. The average Bonchev–Trinajstić information content (AvgIpc) is 2.90. The van der Waals surface area contributed by atoms with Gasteiger partial charge in [0, 0.05) is 30.8 Å². The van der Waals surface area contributed by atoms with E-state index in [0.29, 0.717) is 18.8 Å². The van der Waals surface area contributed by atoms with Gasteiger partial charge in [-0.1, -0.05) is 19.1 Å². The zero-order chi connectivity index (χ0) is 27.4. The van der Waals surface area contributed by atoms with Crippen molar-refractivity contribution in [1.29, 1.82) is 0 Å². The highest BCUT2D eigenvalue weighted by Crippen LogP contribution is 2.40. The number of morpholine rings is 1. The molecule has 13 heteroatoms. The zero-order valence-corrected chi connectivity index (χ0v) is 21.1. The summed E-state index contributed by atoms with van der Waals surface area (Å²) in [5, 5.41) is 8.78. The molecule has 2 heterocycles. The number of halogens is 3. The van der Waals surface area contributed by atoms with Gasteiger partial charge in [0.05, 0.1) is 23.5 Å². The van der Waals surface area contributed by atoms with E-state index in [4.69, 9.17) is 19.3 Å². The monoisotopic (exact) mass is 554 g/mol. The lowest BCUT2D eigenvalue weighted by Crippen LogP contribution is -2.40. The number of nitrogens with zero attached hydrogens (tertiary/aromatic N) is 2. The second kappa shape index (κ2) is 11.5. The molecular formula is C25H25F3N2O7S. The Labute approximate surface area is 216 Å². The topological polar surface area (TPSA) is 115 Å². The molecule has 0 aliphatic carbocycles. The second-order valence-electron chi connectivity index (χ2n) is 8.39. The van der Waals surface area contributed by atoms with Crippen molar-refractivity contribution in [3.05, 3.63) is 59.0 Å². The Hall–Kier alpha value is -3.42.